The van der Waals surface area contributed by atoms with Crippen molar-refractivity contribution in [1.82, 2.24) is 0 Å². The van der Waals surface area contributed by atoms with Crippen LogP contribution in [0, 0.1) is 5.92 Å². The topological polar surface area (TPSA) is 168 Å². The van der Waals surface area contributed by atoms with Crippen LogP contribution in [0.3, 0.4) is 0 Å². The van der Waals surface area contributed by atoms with Crippen LogP contribution in [0.2, 0.25) is 0 Å². The van der Waals surface area contributed by atoms with E-state index >= 15 is 0 Å². The first-order chi connectivity index (χ1) is 14.5. The van der Waals surface area contributed by atoms with Crippen LogP contribution in [0.25, 0.3) is 0 Å². The van der Waals surface area contributed by atoms with Crippen LogP contribution in [0.1, 0.15) is 20.8 Å². The van der Waals surface area contributed by atoms with Crippen molar-refractivity contribution in [3.05, 3.63) is 24.0 Å². The van der Waals surface area contributed by atoms with Gasteiger partial charge in [0.05, 0.1) is 18.8 Å². The number of fused-ring (bicyclic) bond motifs is 3. The molecule has 11 unspecified atom stereocenters. The van der Waals surface area contributed by atoms with E-state index in [1.54, 1.807) is 20.8 Å². The number of hydrogen-bond acceptors (Lipinski definition) is 11. The van der Waals surface area contributed by atoms with E-state index in [2.05, 4.69) is 0 Å². The maximum absolute atomic E-state index is 12.2. The number of rotatable bonds is 5. The Morgan fingerprint density at radius 1 is 1.16 bits per heavy atom. The van der Waals surface area contributed by atoms with Gasteiger partial charge < -0.3 is 49.2 Å². The van der Waals surface area contributed by atoms with Crippen molar-refractivity contribution in [1.29, 1.82) is 0 Å². The van der Waals surface area contributed by atoms with Crippen molar-refractivity contribution in [2.45, 2.75) is 81.2 Å². The quantitative estimate of drug-likeness (QED) is 0.182. The normalized spacial score (nSPS) is 50.1. The molecule has 11 nitrogen and oxygen atoms in total. The van der Waals surface area contributed by atoms with Crippen molar-refractivity contribution < 1.29 is 54.0 Å². The van der Waals surface area contributed by atoms with Gasteiger partial charge >= 0.3 is 5.97 Å². The fraction of sp³-hybridized carbons (Fsp3) is 0.750. The van der Waals surface area contributed by atoms with Gasteiger partial charge in [-0.05, 0) is 26.8 Å². The van der Waals surface area contributed by atoms with Crippen LogP contribution >= 0.6 is 0 Å². The average Bonchev–Trinajstić information content (AvgIpc) is 3.32. The molecule has 2 saturated heterocycles. The van der Waals surface area contributed by atoms with Crippen molar-refractivity contribution in [2.24, 2.45) is 5.92 Å². The third-order valence-electron chi connectivity index (χ3n) is 6.32. The Morgan fingerprint density at radius 3 is 2.52 bits per heavy atom. The van der Waals surface area contributed by atoms with Gasteiger partial charge in [-0.15, -0.1) is 0 Å². The number of hydrogen-bond donors (Lipinski definition) is 5. The molecule has 0 spiro atoms. The molecule has 1 saturated carbocycles. The van der Waals surface area contributed by atoms with E-state index in [1.165, 1.54) is 18.4 Å². The van der Waals surface area contributed by atoms with E-state index in [4.69, 9.17) is 23.7 Å². The largest absolute Gasteiger partial charge is 0.472 e. The first kappa shape index (κ1) is 22.6. The molecule has 3 aliphatic heterocycles. The molecule has 3 heterocycles. The summed E-state index contributed by atoms with van der Waals surface area (Å²) in [6.07, 6.45) is -6.41. The van der Waals surface area contributed by atoms with Gasteiger partial charge in [0.1, 0.15) is 41.7 Å². The van der Waals surface area contributed by atoms with Crippen molar-refractivity contribution in [2.75, 3.05) is 6.61 Å². The third-order valence-corrected chi connectivity index (χ3v) is 6.32. The second-order valence-electron chi connectivity index (χ2n) is 8.81. The van der Waals surface area contributed by atoms with E-state index in [1.807, 2.05) is 0 Å². The molecule has 31 heavy (non-hydrogen) atoms. The summed E-state index contributed by atoms with van der Waals surface area (Å²) in [6, 6.07) is 0. The fourth-order valence-corrected chi connectivity index (χ4v) is 4.70. The molecule has 0 radical (unpaired) electrons. The summed E-state index contributed by atoms with van der Waals surface area (Å²) in [5.74, 6) is -1.49. The van der Waals surface area contributed by atoms with Gasteiger partial charge in [-0.1, -0.05) is 5.57 Å². The second kappa shape index (κ2) is 7.78. The minimum atomic E-state index is -1.68. The Balaban J connectivity index is 1.55. The van der Waals surface area contributed by atoms with Crippen LogP contribution < -0.4 is 0 Å². The van der Waals surface area contributed by atoms with Crippen LogP contribution in [0.15, 0.2) is 24.0 Å². The van der Waals surface area contributed by atoms with Crippen molar-refractivity contribution >= 4 is 5.97 Å². The first-order valence-electron chi connectivity index (χ1n) is 10.1. The van der Waals surface area contributed by atoms with Crippen LogP contribution in [-0.2, 0) is 28.5 Å². The van der Waals surface area contributed by atoms with Crippen LogP contribution in [0.5, 0.6) is 0 Å². The summed E-state index contributed by atoms with van der Waals surface area (Å²) in [7, 11) is 0. The van der Waals surface area contributed by atoms with Gasteiger partial charge in [-0.3, -0.25) is 0 Å². The number of ether oxygens (including phenoxy) is 5. The summed E-state index contributed by atoms with van der Waals surface area (Å²) in [6.45, 7) is 4.58. The van der Waals surface area contributed by atoms with E-state index in [0.29, 0.717) is 0 Å². The van der Waals surface area contributed by atoms with Crippen LogP contribution in [-0.4, -0.2) is 98.5 Å². The third kappa shape index (κ3) is 3.58. The fourth-order valence-electron chi connectivity index (χ4n) is 4.70. The molecule has 4 rings (SSSR count). The number of carbonyl (C=O) groups is 1. The molecule has 0 bridgehead atoms. The van der Waals surface area contributed by atoms with Gasteiger partial charge in [0.25, 0.3) is 0 Å². The zero-order valence-electron chi connectivity index (χ0n) is 17.3. The molecular formula is C20H28O11. The molecule has 0 aromatic heterocycles. The number of aliphatic hydroxyl groups excluding tert-OH is 4. The maximum atomic E-state index is 12.2. The molecule has 1 aliphatic carbocycles. The summed E-state index contributed by atoms with van der Waals surface area (Å²) < 4.78 is 27.9. The molecule has 5 N–H and O–H groups in total. The highest BCUT2D eigenvalue weighted by Crippen LogP contribution is 2.62. The lowest BCUT2D eigenvalue weighted by Gasteiger charge is -2.45. The van der Waals surface area contributed by atoms with E-state index < -0.39 is 78.9 Å². The van der Waals surface area contributed by atoms with Gasteiger partial charge in [-0.2, -0.15) is 0 Å². The summed E-state index contributed by atoms with van der Waals surface area (Å²) in [5.41, 5.74) is -1.90. The predicted octanol–water partition coefficient (Wildman–Crippen LogP) is -1.93. The van der Waals surface area contributed by atoms with Crippen molar-refractivity contribution in [3.63, 3.8) is 0 Å². The van der Waals surface area contributed by atoms with Crippen molar-refractivity contribution in [3.8, 4) is 0 Å². The Kier molecular flexibility index (Phi) is 5.68. The molecule has 11 atom stereocenters. The average molecular weight is 444 g/mol. The minimum Gasteiger partial charge on any atom is -0.472 e. The zero-order chi connectivity index (χ0) is 22.7. The highest BCUT2D eigenvalue weighted by atomic mass is 16.8. The number of carbonyl (C=O) groups excluding carboxylic acids is 1. The van der Waals surface area contributed by atoms with Crippen LogP contribution in [0.4, 0.5) is 0 Å². The number of epoxide rings is 1. The lowest BCUT2D eigenvalue weighted by Crippen LogP contribution is -2.62. The first-order valence-corrected chi connectivity index (χ1v) is 10.1. The Bertz CT molecular complexity index is 777. The van der Waals surface area contributed by atoms with E-state index in [9.17, 15) is 30.3 Å². The van der Waals surface area contributed by atoms with Gasteiger partial charge in [0, 0.05) is 6.08 Å². The monoisotopic (exact) mass is 444 g/mol. The maximum Gasteiger partial charge on any atom is 0.331 e. The molecular weight excluding hydrogens is 416 g/mol. The molecule has 174 valence electrons. The van der Waals surface area contributed by atoms with Gasteiger partial charge in [0.2, 0.25) is 6.29 Å². The molecule has 0 amide bonds. The van der Waals surface area contributed by atoms with Gasteiger partial charge in [0.15, 0.2) is 12.4 Å². The Morgan fingerprint density at radius 2 is 1.87 bits per heavy atom. The highest BCUT2D eigenvalue weighted by Gasteiger charge is 2.80. The smallest absolute Gasteiger partial charge is 0.331 e. The Hall–Kier alpha value is -1.57. The Labute approximate surface area is 178 Å². The summed E-state index contributed by atoms with van der Waals surface area (Å²) in [4.78, 5) is 12.2. The standard InChI is InChI=1S/C20H28O11/c1-8(2)6-10(22)29-16-15-19(3,31-15)14-18(27-5-4-20(14,16)26)30-17-13(25)12(24)11(23)9(7-21)28-17/h4-6,9,11-18,21,23-26H,7H2,1-3H3. The number of esters is 1. The molecule has 11 heteroatoms. The molecule has 3 fully saturated rings. The lowest BCUT2D eigenvalue weighted by molar-refractivity contribution is -0.349. The number of aliphatic hydroxyl groups is 5. The number of allylic oxidation sites excluding steroid dienone is 1. The van der Waals surface area contributed by atoms with Gasteiger partial charge in [-0.25, -0.2) is 4.79 Å². The lowest BCUT2D eigenvalue weighted by atomic mass is 9.82. The molecule has 0 aromatic rings. The zero-order valence-corrected chi connectivity index (χ0v) is 17.3. The second-order valence-corrected chi connectivity index (χ2v) is 8.81. The predicted molar refractivity (Wildman–Crippen MR) is 99.9 cm³/mol. The summed E-state index contributed by atoms with van der Waals surface area (Å²) >= 11 is 0. The SMILES string of the molecule is CC(C)=CC(=O)OC1C2OC2(C)C2C(OC3OC(CO)C(O)C(O)C3O)OC=CC12O. The van der Waals surface area contributed by atoms with E-state index in [0.717, 1.165) is 5.57 Å². The molecule has 0 aromatic carbocycles. The summed E-state index contributed by atoms with van der Waals surface area (Å²) in [5, 5.41) is 51.0. The minimum absolute atomic E-state index is 0.607. The van der Waals surface area contributed by atoms with E-state index in [-0.39, 0.29) is 0 Å². The highest BCUT2D eigenvalue weighted by molar-refractivity contribution is 5.83. The molecule has 4 aliphatic rings.